The maximum atomic E-state index is 13.7. The van der Waals surface area contributed by atoms with E-state index in [0.717, 1.165) is 22.9 Å². The quantitative estimate of drug-likeness (QED) is 0.589. The topological polar surface area (TPSA) is 91.2 Å². The summed E-state index contributed by atoms with van der Waals surface area (Å²) in [4.78, 5) is 13.7. The van der Waals surface area contributed by atoms with Crippen molar-refractivity contribution in [3.05, 3.63) is 39.5 Å². The van der Waals surface area contributed by atoms with Gasteiger partial charge in [-0.25, -0.2) is 4.79 Å². The molecule has 1 N–H and O–H groups in total. The minimum Gasteiger partial charge on any atom is -0.496 e. The van der Waals surface area contributed by atoms with Gasteiger partial charge in [0.2, 0.25) is 5.95 Å². The van der Waals surface area contributed by atoms with Crippen molar-refractivity contribution in [2.75, 3.05) is 12.4 Å². The lowest BCUT2D eigenvalue weighted by Crippen LogP contribution is -2.38. The number of esters is 1. The lowest BCUT2D eigenvalue weighted by Gasteiger charge is -2.37. The molecule has 0 saturated heterocycles. The number of carbonyl (C=O) groups excluding carboxylic acids is 1. The summed E-state index contributed by atoms with van der Waals surface area (Å²) >= 11 is 3.54. The first-order valence-corrected chi connectivity index (χ1v) is 11.9. The second-order valence-corrected chi connectivity index (χ2v) is 10.1. The summed E-state index contributed by atoms with van der Waals surface area (Å²) in [5.41, 5.74) is 1.94. The van der Waals surface area contributed by atoms with Gasteiger partial charge >= 0.3 is 5.97 Å². The van der Waals surface area contributed by atoms with Crippen molar-refractivity contribution in [3.63, 3.8) is 0 Å². The van der Waals surface area contributed by atoms with Gasteiger partial charge in [0.05, 0.1) is 12.7 Å². The molecule has 0 bridgehead atoms. The number of aromatic nitrogens is 4. The van der Waals surface area contributed by atoms with Gasteiger partial charge in [-0.05, 0) is 66.1 Å². The monoisotopic (exact) mass is 503 g/mol. The molecule has 32 heavy (non-hydrogen) atoms. The molecule has 1 aromatic carbocycles. The summed E-state index contributed by atoms with van der Waals surface area (Å²) in [7, 11) is 1.61. The van der Waals surface area contributed by atoms with Crippen LogP contribution in [-0.2, 0) is 9.53 Å². The van der Waals surface area contributed by atoms with Crippen molar-refractivity contribution in [1.82, 2.24) is 20.2 Å². The number of carbonyl (C=O) groups is 1. The van der Waals surface area contributed by atoms with Crippen molar-refractivity contribution in [2.24, 2.45) is 17.8 Å². The number of ether oxygens (including phenoxy) is 2. The predicted molar refractivity (Wildman–Crippen MR) is 124 cm³/mol. The number of hydrogen-bond donors (Lipinski definition) is 1. The van der Waals surface area contributed by atoms with Crippen LogP contribution in [-0.4, -0.2) is 39.4 Å². The smallest absolute Gasteiger partial charge is 0.338 e. The molecular formula is C23H30BrN5O3. The molecule has 2 aromatic rings. The number of fused-ring (bicyclic) bond motifs is 1. The third-order valence-corrected chi connectivity index (χ3v) is 7.13. The molecule has 2 heterocycles. The van der Waals surface area contributed by atoms with Gasteiger partial charge < -0.3 is 14.8 Å². The fraction of sp³-hybridized carbons (Fsp3) is 0.565. The number of methoxy groups -OCH3 is 1. The minimum atomic E-state index is -0.570. The van der Waals surface area contributed by atoms with E-state index >= 15 is 0 Å². The van der Waals surface area contributed by atoms with E-state index in [2.05, 4.69) is 57.5 Å². The van der Waals surface area contributed by atoms with Crippen molar-refractivity contribution in [3.8, 4) is 5.75 Å². The highest BCUT2D eigenvalue weighted by Gasteiger charge is 2.40. The zero-order valence-corrected chi connectivity index (χ0v) is 20.7. The Morgan fingerprint density at radius 1 is 1.31 bits per heavy atom. The zero-order chi connectivity index (χ0) is 23.0. The van der Waals surface area contributed by atoms with Crippen LogP contribution in [0, 0.1) is 17.8 Å². The number of rotatable bonds is 5. The van der Waals surface area contributed by atoms with Gasteiger partial charge in [0.25, 0.3) is 0 Å². The first-order valence-electron chi connectivity index (χ1n) is 11.1. The van der Waals surface area contributed by atoms with Crippen LogP contribution in [0.3, 0.4) is 0 Å². The number of nitrogens with zero attached hydrogens (tertiary/aromatic N) is 4. The molecule has 0 amide bonds. The average Bonchev–Trinajstić information content (AvgIpc) is 3.20. The van der Waals surface area contributed by atoms with Crippen LogP contribution in [0.5, 0.6) is 5.75 Å². The van der Waals surface area contributed by atoms with Crippen LogP contribution < -0.4 is 10.1 Å². The summed E-state index contributed by atoms with van der Waals surface area (Å²) in [6.07, 6.45) is 3.03. The van der Waals surface area contributed by atoms with Gasteiger partial charge in [-0.3, -0.25) is 0 Å². The SMILES string of the molecule is COc1ccc(Br)cc1C1C(C(=O)OC2CC(C)CCC2C(C)C)=C(C)Nc2nnnn21. The molecule has 0 spiro atoms. The first kappa shape index (κ1) is 22.8. The van der Waals surface area contributed by atoms with E-state index in [1.165, 1.54) is 6.42 Å². The lowest BCUT2D eigenvalue weighted by molar-refractivity contribution is -0.151. The summed E-state index contributed by atoms with van der Waals surface area (Å²) in [6.45, 7) is 8.50. The Hall–Kier alpha value is -2.42. The largest absolute Gasteiger partial charge is 0.496 e. The highest BCUT2D eigenvalue weighted by atomic mass is 79.9. The number of halogens is 1. The Kier molecular flexibility index (Phi) is 6.55. The average molecular weight is 504 g/mol. The Morgan fingerprint density at radius 3 is 2.81 bits per heavy atom. The van der Waals surface area contributed by atoms with E-state index in [-0.39, 0.29) is 12.1 Å². The summed E-state index contributed by atoms with van der Waals surface area (Å²) in [6, 6.07) is 5.12. The highest BCUT2D eigenvalue weighted by molar-refractivity contribution is 9.10. The lowest BCUT2D eigenvalue weighted by atomic mass is 9.75. The Morgan fingerprint density at radius 2 is 2.09 bits per heavy atom. The number of benzene rings is 1. The maximum Gasteiger partial charge on any atom is 0.338 e. The fourth-order valence-corrected chi connectivity index (χ4v) is 5.31. The van der Waals surface area contributed by atoms with Crippen molar-refractivity contribution in [1.29, 1.82) is 0 Å². The first-order chi connectivity index (χ1) is 15.3. The molecule has 0 radical (unpaired) electrons. The molecule has 1 saturated carbocycles. The van der Waals surface area contributed by atoms with Gasteiger partial charge in [-0.15, -0.1) is 0 Å². The third kappa shape index (κ3) is 4.27. The van der Waals surface area contributed by atoms with Crippen molar-refractivity contribution < 1.29 is 14.3 Å². The molecular weight excluding hydrogens is 474 g/mol. The molecule has 1 aliphatic carbocycles. The Balaban J connectivity index is 1.74. The van der Waals surface area contributed by atoms with Crippen LogP contribution in [0.1, 0.15) is 58.6 Å². The summed E-state index contributed by atoms with van der Waals surface area (Å²) in [5, 5.41) is 15.2. The molecule has 4 unspecified atom stereocenters. The van der Waals surface area contributed by atoms with E-state index in [1.54, 1.807) is 11.8 Å². The van der Waals surface area contributed by atoms with Crippen LogP contribution >= 0.6 is 15.9 Å². The molecule has 4 rings (SSSR count). The number of tetrazole rings is 1. The number of allylic oxidation sites excluding steroid dienone is 1. The molecule has 1 aliphatic heterocycles. The van der Waals surface area contributed by atoms with Crippen LogP contribution in [0.4, 0.5) is 5.95 Å². The predicted octanol–water partition coefficient (Wildman–Crippen LogP) is 4.74. The molecule has 1 fully saturated rings. The standard InChI is InChI=1S/C23H30BrN5O3/c1-12(2)16-8-6-13(3)10-19(16)32-22(30)20-14(4)25-23-26-27-28-29(23)21(20)17-11-15(24)7-9-18(17)31-5/h7,9,11-13,16,19,21H,6,8,10H2,1-5H3,(H,25,26,28). The van der Waals surface area contributed by atoms with Gasteiger partial charge in [0, 0.05) is 15.7 Å². The molecule has 172 valence electrons. The van der Waals surface area contributed by atoms with Crippen molar-refractivity contribution in [2.45, 2.75) is 59.1 Å². The van der Waals surface area contributed by atoms with E-state index in [9.17, 15) is 4.79 Å². The minimum absolute atomic E-state index is 0.105. The van der Waals surface area contributed by atoms with Gasteiger partial charge in [0.15, 0.2) is 0 Å². The van der Waals surface area contributed by atoms with E-state index < -0.39 is 6.04 Å². The van der Waals surface area contributed by atoms with Crippen LogP contribution in [0.25, 0.3) is 0 Å². The van der Waals surface area contributed by atoms with Crippen LogP contribution in [0.15, 0.2) is 33.9 Å². The maximum absolute atomic E-state index is 13.7. The second-order valence-electron chi connectivity index (χ2n) is 9.17. The number of hydrogen-bond acceptors (Lipinski definition) is 7. The molecule has 9 heteroatoms. The van der Waals surface area contributed by atoms with Gasteiger partial charge in [-0.2, -0.15) is 4.68 Å². The molecule has 1 aromatic heterocycles. The molecule has 2 aliphatic rings. The summed E-state index contributed by atoms with van der Waals surface area (Å²) in [5.74, 6) is 2.12. The van der Waals surface area contributed by atoms with Crippen molar-refractivity contribution >= 4 is 27.8 Å². The Labute approximate surface area is 196 Å². The molecule has 4 atom stereocenters. The van der Waals surface area contributed by atoms with E-state index in [0.29, 0.717) is 40.7 Å². The fourth-order valence-electron chi connectivity index (χ4n) is 4.93. The third-order valence-electron chi connectivity index (χ3n) is 6.64. The van der Waals surface area contributed by atoms with E-state index in [1.807, 2.05) is 25.1 Å². The highest BCUT2D eigenvalue weighted by Crippen LogP contribution is 2.41. The number of anilines is 1. The number of nitrogens with one attached hydrogen (secondary N) is 1. The normalized spacial score (nSPS) is 25.3. The second kappa shape index (κ2) is 9.21. The Bertz CT molecular complexity index is 1030. The van der Waals surface area contributed by atoms with E-state index in [4.69, 9.17) is 9.47 Å². The van der Waals surface area contributed by atoms with Crippen LogP contribution in [0.2, 0.25) is 0 Å². The molecule has 8 nitrogen and oxygen atoms in total. The van der Waals surface area contributed by atoms with Gasteiger partial charge in [0.1, 0.15) is 17.9 Å². The summed E-state index contributed by atoms with van der Waals surface area (Å²) < 4.78 is 14.3. The zero-order valence-electron chi connectivity index (χ0n) is 19.1. The van der Waals surface area contributed by atoms with Gasteiger partial charge in [-0.1, -0.05) is 48.2 Å².